The van der Waals surface area contributed by atoms with Gasteiger partial charge in [0.2, 0.25) is 0 Å². The van der Waals surface area contributed by atoms with Crippen LogP contribution in [0.4, 0.5) is 0 Å². The lowest BCUT2D eigenvalue weighted by atomic mass is 9.66. The summed E-state index contributed by atoms with van der Waals surface area (Å²) in [6.45, 7) is 9.68. The van der Waals surface area contributed by atoms with Gasteiger partial charge in [0.1, 0.15) is 0 Å². The van der Waals surface area contributed by atoms with Crippen LogP contribution in [-0.2, 0) is 4.65 Å². The fourth-order valence-electron chi connectivity index (χ4n) is 3.76. The molecule has 0 unspecified atom stereocenters. The minimum Gasteiger partial charge on any atom is -0.417 e. The average Bonchev–Trinajstić information content (AvgIpc) is 3.12. The van der Waals surface area contributed by atoms with Crippen molar-refractivity contribution < 1.29 is 4.65 Å². The summed E-state index contributed by atoms with van der Waals surface area (Å²) >= 11 is 0. The summed E-state index contributed by atoms with van der Waals surface area (Å²) in [6, 6.07) is 21.5. The van der Waals surface area contributed by atoms with E-state index in [0.29, 0.717) is 12.1 Å². The lowest BCUT2D eigenvalue weighted by Crippen LogP contribution is -2.49. The van der Waals surface area contributed by atoms with Crippen molar-refractivity contribution in [3.8, 4) is 11.8 Å². The number of allylic oxidation sites excluding steroid dienone is 1. The Bertz CT molecular complexity index is 823. The highest BCUT2D eigenvalue weighted by atomic mass is 16.4. The van der Waals surface area contributed by atoms with Crippen molar-refractivity contribution in [2.45, 2.75) is 46.2 Å². The van der Waals surface area contributed by atoms with E-state index in [1.165, 1.54) is 11.0 Å². The van der Waals surface area contributed by atoms with Gasteiger partial charge in [-0.25, -0.2) is 0 Å². The van der Waals surface area contributed by atoms with Crippen LogP contribution in [0.2, 0.25) is 0 Å². The summed E-state index contributed by atoms with van der Waals surface area (Å²) in [5, 5.41) is 0. The highest BCUT2D eigenvalue weighted by molar-refractivity contribution is 6.60. The molecule has 0 aromatic heterocycles. The summed E-state index contributed by atoms with van der Waals surface area (Å²) in [7, 11) is -0.00900. The first-order valence-electron chi connectivity index (χ1n) is 9.82. The Morgan fingerprint density at radius 2 is 1.52 bits per heavy atom. The summed E-state index contributed by atoms with van der Waals surface area (Å²) in [4.78, 5) is 2.44. The average molecular weight is 357 g/mol. The molecule has 1 saturated heterocycles. The summed E-state index contributed by atoms with van der Waals surface area (Å²) in [5.74, 6) is 6.84. The largest absolute Gasteiger partial charge is 0.417 e. The van der Waals surface area contributed by atoms with Gasteiger partial charge in [0.25, 0.3) is 0 Å². The maximum atomic E-state index is 6.21. The Kier molecular flexibility index (Phi) is 6.56. The van der Waals surface area contributed by atoms with Crippen LogP contribution in [0.3, 0.4) is 0 Å². The highest BCUT2D eigenvalue weighted by Gasteiger charge is 2.38. The number of hydrogen-bond donors (Lipinski definition) is 0. The molecule has 0 atom stereocenters. The maximum absolute atomic E-state index is 6.21. The van der Waals surface area contributed by atoms with Crippen molar-refractivity contribution in [1.82, 2.24) is 4.81 Å². The van der Waals surface area contributed by atoms with Crippen LogP contribution in [0.5, 0.6) is 0 Å². The van der Waals surface area contributed by atoms with Crippen molar-refractivity contribution >= 4 is 12.6 Å². The van der Waals surface area contributed by atoms with Crippen molar-refractivity contribution in [3.63, 3.8) is 0 Å². The van der Waals surface area contributed by atoms with Gasteiger partial charge in [-0.05, 0) is 41.7 Å². The molecule has 1 heterocycles. The van der Waals surface area contributed by atoms with E-state index in [4.69, 9.17) is 4.65 Å². The third-order valence-corrected chi connectivity index (χ3v) is 4.90. The summed E-state index contributed by atoms with van der Waals surface area (Å²) < 4.78 is 6.21. The second-order valence-electron chi connectivity index (χ2n) is 7.49. The Balaban J connectivity index is 2.09. The van der Waals surface area contributed by atoms with Gasteiger partial charge in [0.05, 0.1) is 0 Å². The zero-order chi connectivity index (χ0) is 19.2. The normalized spacial score (nSPS) is 16.0. The molecule has 3 heteroatoms. The van der Waals surface area contributed by atoms with Gasteiger partial charge < -0.3 is 9.47 Å². The summed E-state index contributed by atoms with van der Waals surface area (Å²) in [5.41, 5.74) is 4.60. The van der Waals surface area contributed by atoms with E-state index in [9.17, 15) is 0 Å². The molecule has 0 spiro atoms. The fraction of sp³-hybridized carbons (Fsp3) is 0.333. The van der Waals surface area contributed by atoms with Crippen LogP contribution in [0, 0.1) is 11.8 Å². The molecule has 3 rings (SSSR count). The van der Waals surface area contributed by atoms with Crippen LogP contribution in [0.15, 0.2) is 66.1 Å². The molecule has 0 radical (unpaired) electrons. The number of nitrogens with zero attached hydrogens (tertiary/aromatic N) is 1. The second kappa shape index (κ2) is 9.08. The molecule has 2 nitrogen and oxygen atoms in total. The Hall–Kier alpha value is -2.28. The Morgan fingerprint density at radius 1 is 0.926 bits per heavy atom. The topological polar surface area (TPSA) is 12.5 Å². The van der Waals surface area contributed by atoms with Gasteiger partial charge in [-0.3, -0.25) is 0 Å². The maximum Gasteiger partial charge on any atom is 0.416 e. The predicted molar refractivity (Wildman–Crippen MR) is 115 cm³/mol. The molecule has 1 fully saturated rings. The molecule has 27 heavy (non-hydrogen) atoms. The zero-order valence-corrected chi connectivity index (χ0v) is 16.8. The standard InChI is InChI=1S/C24H28BNO/c1-19(2)26(20(3)4)25-24(17-18-27-25)23(22-13-9-6-10-14-22)16-15-21-11-7-5-8-12-21/h5-14,19-20H,17-18H2,1-4H3/b24-23+. The van der Waals surface area contributed by atoms with Crippen molar-refractivity contribution in [2.24, 2.45) is 0 Å². The van der Waals surface area contributed by atoms with Crippen molar-refractivity contribution in [1.29, 1.82) is 0 Å². The van der Waals surface area contributed by atoms with E-state index in [1.807, 2.05) is 24.3 Å². The number of hydrogen-bond acceptors (Lipinski definition) is 2. The van der Waals surface area contributed by atoms with Gasteiger partial charge in [-0.15, -0.1) is 0 Å². The van der Waals surface area contributed by atoms with E-state index in [2.05, 4.69) is 80.7 Å². The number of benzene rings is 2. The van der Waals surface area contributed by atoms with Gasteiger partial charge in [0, 0.05) is 17.7 Å². The molecule has 0 saturated carbocycles. The smallest absolute Gasteiger partial charge is 0.416 e. The molecule has 138 valence electrons. The van der Waals surface area contributed by atoms with E-state index < -0.39 is 0 Å². The molecule has 0 N–H and O–H groups in total. The van der Waals surface area contributed by atoms with Gasteiger partial charge in [-0.1, -0.05) is 88.1 Å². The third-order valence-electron chi connectivity index (χ3n) is 4.90. The van der Waals surface area contributed by atoms with E-state index in [1.54, 1.807) is 0 Å². The van der Waals surface area contributed by atoms with Gasteiger partial charge >= 0.3 is 7.05 Å². The Morgan fingerprint density at radius 3 is 2.11 bits per heavy atom. The third kappa shape index (κ3) is 4.72. The first kappa shape index (κ1) is 19.5. The minimum absolute atomic E-state index is 0.00900. The number of rotatable bonds is 4. The quantitative estimate of drug-likeness (QED) is 0.560. The fourth-order valence-corrected chi connectivity index (χ4v) is 3.76. The summed E-state index contributed by atoms with van der Waals surface area (Å²) in [6.07, 6.45) is 0.925. The lowest BCUT2D eigenvalue weighted by Gasteiger charge is -2.34. The molecule has 2 aromatic rings. The van der Waals surface area contributed by atoms with E-state index in [0.717, 1.165) is 24.2 Å². The van der Waals surface area contributed by atoms with E-state index in [-0.39, 0.29) is 7.05 Å². The van der Waals surface area contributed by atoms with E-state index >= 15 is 0 Å². The highest BCUT2D eigenvalue weighted by Crippen LogP contribution is 2.30. The van der Waals surface area contributed by atoms with Crippen LogP contribution in [0.1, 0.15) is 45.2 Å². The van der Waals surface area contributed by atoms with Crippen LogP contribution >= 0.6 is 0 Å². The van der Waals surface area contributed by atoms with Crippen molar-refractivity contribution in [2.75, 3.05) is 6.61 Å². The van der Waals surface area contributed by atoms with Crippen LogP contribution in [0.25, 0.3) is 5.57 Å². The first-order valence-corrected chi connectivity index (χ1v) is 9.82. The monoisotopic (exact) mass is 357 g/mol. The first-order chi connectivity index (χ1) is 13.1. The zero-order valence-electron chi connectivity index (χ0n) is 16.8. The minimum atomic E-state index is -0.00900. The second-order valence-corrected chi connectivity index (χ2v) is 7.49. The molecular weight excluding hydrogens is 329 g/mol. The van der Waals surface area contributed by atoms with Crippen LogP contribution < -0.4 is 0 Å². The molecule has 0 bridgehead atoms. The van der Waals surface area contributed by atoms with Gasteiger partial charge in [0.15, 0.2) is 0 Å². The molecule has 0 aliphatic carbocycles. The SMILES string of the molecule is CC(C)N(B1OCC/C1=C(/C#Cc1ccccc1)c1ccccc1)C(C)C. The molecule has 2 aromatic carbocycles. The van der Waals surface area contributed by atoms with Crippen molar-refractivity contribution in [3.05, 3.63) is 77.3 Å². The van der Waals surface area contributed by atoms with Crippen LogP contribution in [-0.4, -0.2) is 30.6 Å². The van der Waals surface area contributed by atoms with Gasteiger partial charge in [-0.2, -0.15) is 0 Å². The molecule has 1 aliphatic heterocycles. The Labute approximate surface area is 164 Å². The predicted octanol–water partition coefficient (Wildman–Crippen LogP) is 5.06. The molecule has 1 aliphatic rings. The lowest BCUT2D eigenvalue weighted by molar-refractivity contribution is 0.236. The molecular formula is C24H28BNO. The molecule has 0 amide bonds.